The molecule has 0 unspecified atom stereocenters. The van der Waals surface area contributed by atoms with Gasteiger partial charge in [-0.2, -0.15) is 0 Å². The molecule has 0 atom stereocenters. The van der Waals surface area contributed by atoms with Gasteiger partial charge in [-0.05, 0) is 44.2 Å². The van der Waals surface area contributed by atoms with Crippen LogP contribution in [0.25, 0.3) is 0 Å². The highest BCUT2D eigenvalue weighted by Gasteiger charge is 2.04. The summed E-state index contributed by atoms with van der Waals surface area (Å²) in [5.41, 5.74) is 1.47. The number of carbonyl (C=O) groups excluding carboxylic acids is 1. The molecule has 5 nitrogen and oxygen atoms in total. The second-order valence-electron chi connectivity index (χ2n) is 5.57. The average Bonchev–Trinajstić information content (AvgIpc) is 2.60. The van der Waals surface area contributed by atoms with Gasteiger partial charge in [0.1, 0.15) is 18.1 Å². The Balaban J connectivity index is 1.55. The molecule has 2 rings (SSSR count). The van der Waals surface area contributed by atoms with Gasteiger partial charge in [-0.3, -0.25) is 0 Å². The molecule has 0 fully saturated rings. The number of urea groups is 1. The van der Waals surface area contributed by atoms with Crippen molar-refractivity contribution in [2.45, 2.75) is 32.1 Å². The van der Waals surface area contributed by atoms with E-state index in [1.807, 2.05) is 24.3 Å². The van der Waals surface area contributed by atoms with Crippen LogP contribution >= 0.6 is 0 Å². The number of hydrogen-bond donors (Lipinski definition) is 2. The highest BCUT2D eigenvalue weighted by Crippen LogP contribution is 2.19. The summed E-state index contributed by atoms with van der Waals surface area (Å²) >= 11 is 0. The molecule has 0 spiro atoms. The molecule has 0 radical (unpaired) electrons. The van der Waals surface area contributed by atoms with Crippen molar-refractivity contribution in [3.05, 3.63) is 35.9 Å². The highest BCUT2D eigenvalue weighted by atomic mass is 16.5. The lowest BCUT2D eigenvalue weighted by molar-refractivity contribution is 0.236. The van der Waals surface area contributed by atoms with Crippen LogP contribution in [0.3, 0.4) is 0 Å². The molecule has 1 aromatic rings. The molecule has 0 saturated heterocycles. The fraction of sp³-hybridized carbons (Fsp3) is 0.500. The molecule has 0 saturated carbocycles. The lowest BCUT2D eigenvalue weighted by atomic mass is 9.97. The van der Waals surface area contributed by atoms with E-state index in [-0.39, 0.29) is 6.03 Å². The maximum atomic E-state index is 11.7. The molecular weight excluding hydrogens is 292 g/mol. The van der Waals surface area contributed by atoms with Crippen LogP contribution < -0.4 is 20.1 Å². The van der Waals surface area contributed by atoms with E-state index < -0.39 is 0 Å². The fourth-order valence-corrected chi connectivity index (χ4v) is 2.56. The minimum Gasteiger partial charge on any atom is -0.497 e. The van der Waals surface area contributed by atoms with E-state index in [9.17, 15) is 4.79 Å². The minimum atomic E-state index is -0.143. The van der Waals surface area contributed by atoms with Crippen LogP contribution in [0.1, 0.15) is 32.1 Å². The van der Waals surface area contributed by atoms with Crippen molar-refractivity contribution in [1.82, 2.24) is 10.6 Å². The van der Waals surface area contributed by atoms with Crippen LogP contribution in [0.15, 0.2) is 35.9 Å². The van der Waals surface area contributed by atoms with E-state index in [1.165, 1.54) is 31.3 Å². The Morgan fingerprint density at radius 3 is 2.78 bits per heavy atom. The van der Waals surface area contributed by atoms with Crippen LogP contribution in [0, 0.1) is 0 Å². The number of hydrogen-bond acceptors (Lipinski definition) is 3. The Labute approximate surface area is 138 Å². The average molecular weight is 318 g/mol. The van der Waals surface area contributed by atoms with Crippen LogP contribution in [0.2, 0.25) is 0 Å². The Bertz CT molecular complexity index is 529. The molecule has 1 aliphatic rings. The summed E-state index contributed by atoms with van der Waals surface area (Å²) in [5.74, 6) is 1.49. The first-order valence-electron chi connectivity index (χ1n) is 8.24. The van der Waals surface area contributed by atoms with Gasteiger partial charge in [0.25, 0.3) is 0 Å². The quantitative estimate of drug-likeness (QED) is 0.571. The topological polar surface area (TPSA) is 59.6 Å². The normalized spacial score (nSPS) is 13.9. The summed E-state index contributed by atoms with van der Waals surface area (Å²) in [4.78, 5) is 11.7. The predicted molar refractivity (Wildman–Crippen MR) is 91.1 cm³/mol. The summed E-state index contributed by atoms with van der Waals surface area (Å²) in [6.45, 7) is 1.58. The van der Waals surface area contributed by atoms with Gasteiger partial charge in [0.15, 0.2) is 0 Å². The van der Waals surface area contributed by atoms with Crippen LogP contribution in [0.5, 0.6) is 11.5 Å². The molecule has 23 heavy (non-hydrogen) atoms. The predicted octanol–water partition coefficient (Wildman–Crippen LogP) is 3.26. The zero-order valence-electron chi connectivity index (χ0n) is 13.8. The number of rotatable bonds is 8. The molecule has 2 amide bonds. The number of amides is 2. The summed E-state index contributed by atoms with van der Waals surface area (Å²) in [5, 5.41) is 5.67. The monoisotopic (exact) mass is 318 g/mol. The first-order chi connectivity index (χ1) is 11.3. The van der Waals surface area contributed by atoms with Crippen LogP contribution in [-0.4, -0.2) is 32.8 Å². The number of benzene rings is 1. The van der Waals surface area contributed by atoms with Crippen molar-refractivity contribution >= 4 is 6.03 Å². The van der Waals surface area contributed by atoms with E-state index in [0.29, 0.717) is 19.7 Å². The first kappa shape index (κ1) is 17.2. The van der Waals surface area contributed by atoms with Crippen LogP contribution in [-0.2, 0) is 0 Å². The molecule has 0 heterocycles. The zero-order chi connectivity index (χ0) is 16.3. The Morgan fingerprint density at radius 1 is 1.17 bits per heavy atom. The third-order valence-corrected chi connectivity index (χ3v) is 3.81. The van der Waals surface area contributed by atoms with Gasteiger partial charge in [0.05, 0.1) is 13.7 Å². The summed E-state index contributed by atoms with van der Waals surface area (Å²) in [6, 6.07) is 7.27. The Kier molecular flexibility index (Phi) is 7.30. The third kappa shape index (κ3) is 6.63. The smallest absolute Gasteiger partial charge is 0.314 e. The minimum absolute atomic E-state index is 0.143. The summed E-state index contributed by atoms with van der Waals surface area (Å²) in [7, 11) is 1.62. The number of nitrogens with one attached hydrogen (secondary N) is 2. The molecule has 1 aliphatic carbocycles. The van der Waals surface area contributed by atoms with Gasteiger partial charge in [0.2, 0.25) is 0 Å². The van der Waals surface area contributed by atoms with E-state index in [0.717, 1.165) is 17.9 Å². The number of ether oxygens (including phenoxy) is 2. The maximum Gasteiger partial charge on any atom is 0.314 e. The molecule has 0 aliphatic heterocycles. The standard InChI is InChI=1S/C18H26N2O3/c1-22-16-8-5-9-17(14-16)23-13-12-20-18(21)19-11-10-15-6-3-2-4-7-15/h5-6,8-9,14H,2-4,7,10-13H2,1H3,(H2,19,20,21). The number of allylic oxidation sites excluding steroid dienone is 1. The third-order valence-electron chi connectivity index (χ3n) is 3.81. The van der Waals surface area contributed by atoms with E-state index in [4.69, 9.17) is 9.47 Å². The molecule has 126 valence electrons. The second kappa shape index (κ2) is 9.77. The second-order valence-corrected chi connectivity index (χ2v) is 5.57. The lowest BCUT2D eigenvalue weighted by Gasteiger charge is -2.13. The van der Waals surface area contributed by atoms with Gasteiger partial charge in [-0.1, -0.05) is 17.7 Å². The molecule has 5 heteroatoms. The van der Waals surface area contributed by atoms with Crippen molar-refractivity contribution in [3.8, 4) is 11.5 Å². The highest BCUT2D eigenvalue weighted by molar-refractivity contribution is 5.73. The van der Waals surface area contributed by atoms with Crippen molar-refractivity contribution in [2.24, 2.45) is 0 Å². The van der Waals surface area contributed by atoms with E-state index in [1.54, 1.807) is 7.11 Å². The van der Waals surface area contributed by atoms with E-state index >= 15 is 0 Å². The van der Waals surface area contributed by atoms with Crippen molar-refractivity contribution in [1.29, 1.82) is 0 Å². The van der Waals surface area contributed by atoms with E-state index in [2.05, 4.69) is 16.7 Å². The molecule has 0 bridgehead atoms. The van der Waals surface area contributed by atoms with Gasteiger partial charge in [-0.15, -0.1) is 0 Å². The van der Waals surface area contributed by atoms with Crippen molar-refractivity contribution < 1.29 is 14.3 Å². The molecule has 1 aromatic carbocycles. The zero-order valence-corrected chi connectivity index (χ0v) is 13.8. The van der Waals surface area contributed by atoms with Gasteiger partial charge in [0, 0.05) is 12.6 Å². The van der Waals surface area contributed by atoms with Gasteiger partial charge in [-0.25, -0.2) is 4.79 Å². The molecule has 2 N–H and O–H groups in total. The Morgan fingerprint density at radius 2 is 2.00 bits per heavy atom. The van der Waals surface area contributed by atoms with Crippen LogP contribution in [0.4, 0.5) is 4.79 Å². The summed E-state index contributed by atoms with van der Waals surface area (Å²) < 4.78 is 10.7. The van der Waals surface area contributed by atoms with Gasteiger partial charge >= 0.3 is 6.03 Å². The first-order valence-corrected chi connectivity index (χ1v) is 8.24. The molecular formula is C18H26N2O3. The molecule has 0 aromatic heterocycles. The lowest BCUT2D eigenvalue weighted by Crippen LogP contribution is -2.38. The van der Waals surface area contributed by atoms with Gasteiger partial charge < -0.3 is 20.1 Å². The number of methoxy groups -OCH3 is 1. The largest absolute Gasteiger partial charge is 0.497 e. The number of carbonyl (C=O) groups is 1. The fourth-order valence-electron chi connectivity index (χ4n) is 2.56. The van der Waals surface area contributed by atoms with Crippen molar-refractivity contribution in [2.75, 3.05) is 26.8 Å². The SMILES string of the molecule is COc1cccc(OCCNC(=O)NCCC2=CCCCC2)c1. The van der Waals surface area contributed by atoms with Crippen molar-refractivity contribution in [3.63, 3.8) is 0 Å². The summed E-state index contributed by atoms with van der Waals surface area (Å²) in [6.07, 6.45) is 8.20. The maximum absolute atomic E-state index is 11.7. The Hall–Kier alpha value is -2.17.